The van der Waals surface area contributed by atoms with Gasteiger partial charge in [-0.25, -0.2) is 0 Å². The molecule has 0 aromatic heterocycles. The molecule has 0 aromatic carbocycles. The lowest BCUT2D eigenvalue weighted by molar-refractivity contribution is -0.120. The van der Waals surface area contributed by atoms with Gasteiger partial charge in [-0.3, -0.25) is 4.79 Å². The molecule has 0 aliphatic carbocycles. The minimum atomic E-state index is 0.1000. The Balaban J connectivity index is 2.26. The average molecular weight is 184 g/mol. The quantitative estimate of drug-likeness (QED) is 0.694. The third-order valence-electron chi connectivity index (χ3n) is 2.67. The first-order valence-electron chi connectivity index (χ1n) is 5.10. The van der Waals surface area contributed by atoms with Crippen LogP contribution in [0.2, 0.25) is 0 Å². The number of carbonyl (C=O) groups is 1. The normalized spacial score (nSPS) is 20.6. The van der Waals surface area contributed by atoms with E-state index in [1.165, 1.54) is 0 Å². The van der Waals surface area contributed by atoms with Gasteiger partial charge < -0.3 is 10.2 Å². The number of hydrogen-bond donors (Lipinski definition) is 1. The molecule has 1 heterocycles. The molecule has 0 unspecified atom stereocenters. The summed E-state index contributed by atoms with van der Waals surface area (Å²) >= 11 is 0. The molecular weight excluding hydrogens is 164 g/mol. The highest BCUT2D eigenvalue weighted by molar-refractivity contribution is 5.73. The van der Waals surface area contributed by atoms with Crippen molar-refractivity contribution in [3.8, 4) is 0 Å². The molecule has 1 N–H and O–H groups in total. The fourth-order valence-electron chi connectivity index (χ4n) is 1.85. The van der Waals surface area contributed by atoms with Crippen LogP contribution >= 0.6 is 0 Å². The van der Waals surface area contributed by atoms with Gasteiger partial charge in [-0.1, -0.05) is 0 Å². The Bertz CT molecular complexity index is 172. The average Bonchev–Trinajstić information content (AvgIpc) is 2.04. The van der Waals surface area contributed by atoms with Crippen molar-refractivity contribution in [1.29, 1.82) is 0 Å². The van der Waals surface area contributed by atoms with E-state index in [4.69, 9.17) is 0 Å². The summed E-state index contributed by atoms with van der Waals surface area (Å²) in [5, 5.41) is 2.98. The van der Waals surface area contributed by atoms with E-state index in [2.05, 4.69) is 24.1 Å². The molecule has 0 radical (unpaired) electrons. The molecule has 0 atom stereocenters. The third-order valence-corrected chi connectivity index (χ3v) is 2.67. The van der Waals surface area contributed by atoms with Crippen LogP contribution in [0.15, 0.2) is 0 Å². The summed E-state index contributed by atoms with van der Waals surface area (Å²) in [6.45, 7) is 8.26. The van der Waals surface area contributed by atoms with Gasteiger partial charge in [0.2, 0.25) is 5.91 Å². The predicted octanol–water partition coefficient (Wildman–Crippen LogP) is 0.995. The number of nitrogens with one attached hydrogen (secondary N) is 1. The molecule has 0 bridgehead atoms. The Labute approximate surface area is 80.5 Å². The minimum Gasteiger partial charge on any atom is -0.354 e. The first-order valence-corrected chi connectivity index (χ1v) is 5.10. The van der Waals surface area contributed by atoms with Crippen molar-refractivity contribution in [1.82, 2.24) is 10.2 Å². The lowest BCUT2D eigenvalue weighted by atomic mass is 10.0. The van der Waals surface area contributed by atoms with Crippen LogP contribution in [-0.4, -0.2) is 36.0 Å². The Kier molecular flexibility index (Phi) is 3.72. The number of rotatable bonds is 2. The molecular formula is C10H20N2O. The zero-order valence-corrected chi connectivity index (χ0v) is 8.84. The monoisotopic (exact) mass is 184 g/mol. The summed E-state index contributed by atoms with van der Waals surface area (Å²) in [6, 6.07) is 1.05. The summed E-state index contributed by atoms with van der Waals surface area (Å²) in [7, 11) is 0. The molecule has 1 fully saturated rings. The highest BCUT2D eigenvalue weighted by Gasteiger charge is 2.20. The Hall–Kier alpha value is -0.570. The lowest BCUT2D eigenvalue weighted by Gasteiger charge is -2.34. The van der Waals surface area contributed by atoms with Gasteiger partial charge >= 0.3 is 0 Å². The highest BCUT2D eigenvalue weighted by atomic mass is 16.1. The largest absolute Gasteiger partial charge is 0.354 e. The van der Waals surface area contributed by atoms with Crippen LogP contribution in [0.4, 0.5) is 0 Å². The highest BCUT2D eigenvalue weighted by Crippen LogP contribution is 2.12. The molecule has 1 saturated heterocycles. The molecule has 3 nitrogen and oxygen atoms in total. The Morgan fingerprint density at radius 1 is 1.38 bits per heavy atom. The molecule has 0 aromatic rings. The number of likely N-dealkylation sites (tertiary alicyclic amines) is 1. The molecule has 1 aliphatic heterocycles. The van der Waals surface area contributed by atoms with Crippen LogP contribution in [0.25, 0.3) is 0 Å². The summed E-state index contributed by atoms with van der Waals surface area (Å²) in [5.41, 5.74) is 0. The molecule has 1 amide bonds. The second kappa shape index (κ2) is 4.61. The van der Waals surface area contributed by atoms with E-state index in [0.717, 1.165) is 25.9 Å². The second-order valence-corrected chi connectivity index (χ2v) is 4.10. The van der Waals surface area contributed by atoms with E-state index < -0.39 is 0 Å². The van der Waals surface area contributed by atoms with E-state index in [1.807, 2.05) is 0 Å². The van der Waals surface area contributed by atoms with Crippen molar-refractivity contribution in [3.63, 3.8) is 0 Å². The molecule has 13 heavy (non-hydrogen) atoms. The number of hydrogen-bond acceptors (Lipinski definition) is 2. The maximum absolute atomic E-state index is 10.8. The molecule has 76 valence electrons. The topological polar surface area (TPSA) is 32.3 Å². The van der Waals surface area contributed by atoms with Crippen LogP contribution in [0.5, 0.6) is 0 Å². The van der Waals surface area contributed by atoms with Gasteiger partial charge in [-0.2, -0.15) is 0 Å². The predicted molar refractivity (Wildman–Crippen MR) is 53.5 cm³/mol. The van der Waals surface area contributed by atoms with Crippen molar-refractivity contribution in [2.24, 2.45) is 0 Å². The SMILES string of the molecule is CC(=O)NC1CCN(C(C)C)CC1. The van der Waals surface area contributed by atoms with Crippen molar-refractivity contribution < 1.29 is 4.79 Å². The maximum Gasteiger partial charge on any atom is 0.217 e. The van der Waals surface area contributed by atoms with Crippen LogP contribution in [-0.2, 0) is 4.79 Å². The van der Waals surface area contributed by atoms with E-state index in [0.29, 0.717) is 12.1 Å². The van der Waals surface area contributed by atoms with Crippen molar-refractivity contribution >= 4 is 5.91 Å². The standard InChI is InChI=1S/C10H20N2O/c1-8(2)12-6-4-10(5-7-12)11-9(3)13/h8,10H,4-7H2,1-3H3,(H,11,13). The molecule has 0 spiro atoms. The summed E-state index contributed by atoms with van der Waals surface area (Å²) < 4.78 is 0. The lowest BCUT2D eigenvalue weighted by Crippen LogP contribution is -2.46. The van der Waals surface area contributed by atoms with E-state index in [9.17, 15) is 4.79 Å². The maximum atomic E-state index is 10.8. The van der Waals surface area contributed by atoms with Gasteiger partial charge in [0.1, 0.15) is 0 Å². The number of piperidine rings is 1. The summed E-state index contributed by atoms with van der Waals surface area (Å²) in [5.74, 6) is 0.1000. The van der Waals surface area contributed by atoms with Gasteiger partial charge in [0.25, 0.3) is 0 Å². The van der Waals surface area contributed by atoms with E-state index in [-0.39, 0.29) is 5.91 Å². The number of amides is 1. The van der Waals surface area contributed by atoms with Crippen molar-refractivity contribution in [2.45, 2.75) is 45.7 Å². The Morgan fingerprint density at radius 2 is 1.92 bits per heavy atom. The van der Waals surface area contributed by atoms with Crippen molar-refractivity contribution in [3.05, 3.63) is 0 Å². The minimum absolute atomic E-state index is 0.1000. The number of carbonyl (C=O) groups excluding carboxylic acids is 1. The van der Waals surface area contributed by atoms with Gasteiger partial charge in [0.05, 0.1) is 0 Å². The van der Waals surface area contributed by atoms with Crippen LogP contribution in [0.1, 0.15) is 33.6 Å². The van der Waals surface area contributed by atoms with E-state index in [1.54, 1.807) is 6.92 Å². The second-order valence-electron chi connectivity index (χ2n) is 4.10. The first kappa shape index (κ1) is 10.5. The molecule has 1 aliphatic rings. The molecule has 0 saturated carbocycles. The van der Waals surface area contributed by atoms with E-state index >= 15 is 0 Å². The molecule has 1 rings (SSSR count). The summed E-state index contributed by atoms with van der Waals surface area (Å²) in [6.07, 6.45) is 2.19. The fraction of sp³-hybridized carbons (Fsp3) is 0.900. The fourth-order valence-corrected chi connectivity index (χ4v) is 1.85. The summed E-state index contributed by atoms with van der Waals surface area (Å²) in [4.78, 5) is 13.3. The smallest absolute Gasteiger partial charge is 0.217 e. The Morgan fingerprint density at radius 3 is 2.31 bits per heavy atom. The van der Waals surface area contributed by atoms with Crippen LogP contribution in [0.3, 0.4) is 0 Å². The van der Waals surface area contributed by atoms with Gasteiger partial charge in [-0.05, 0) is 26.7 Å². The van der Waals surface area contributed by atoms with Crippen molar-refractivity contribution in [2.75, 3.05) is 13.1 Å². The van der Waals surface area contributed by atoms with Gasteiger partial charge in [0, 0.05) is 32.1 Å². The first-order chi connectivity index (χ1) is 6.09. The zero-order chi connectivity index (χ0) is 9.84. The molecule has 3 heteroatoms. The van der Waals surface area contributed by atoms with Gasteiger partial charge in [0.15, 0.2) is 0 Å². The van der Waals surface area contributed by atoms with Gasteiger partial charge in [-0.15, -0.1) is 0 Å². The zero-order valence-electron chi connectivity index (χ0n) is 8.84. The third kappa shape index (κ3) is 3.35. The number of nitrogens with zero attached hydrogens (tertiary/aromatic N) is 1. The van der Waals surface area contributed by atoms with Crippen LogP contribution < -0.4 is 5.32 Å². The van der Waals surface area contributed by atoms with Crippen LogP contribution in [0, 0.1) is 0 Å².